The minimum absolute atomic E-state index is 0.230. The van der Waals surface area contributed by atoms with Gasteiger partial charge in [0.05, 0.1) is 13.2 Å². The number of fused-ring (bicyclic) bond motifs is 1. The molecule has 0 radical (unpaired) electrons. The smallest absolute Gasteiger partial charge is 0.248 e. The topological polar surface area (TPSA) is 67.6 Å². The Balaban J connectivity index is 1.42. The van der Waals surface area contributed by atoms with Crippen LogP contribution < -0.4 is 10.2 Å². The third-order valence-electron chi connectivity index (χ3n) is 4.18. The predicted octanol–water partition coefficient (Wildman–Crippen LogP) is 3.32. The van der Waals surface area contributed by atoms with E-state index < -0.39 is 0 Å². The maximum atomic E-state index is 12.2. The first-order valence-electron chi connectivity index (χ1n) is 8.55. The van der Waals surface area contributed by atoms with Gasteiger partial charge in [0.25, 0.3) is 0 Å². The summed E-state index contributed by atoms with van der Waals surface area (Å²) >= 11 is 0. The van der Waals surface area contributed by atoms with E-state index in [1.807, 2.05) is 48.5 Å². The lowest BCUT2D eigenvalue weighted by atomic mass is 10.2. The van der Waals surface area contributed by atoms with Gasteiger partial charge in [0, 0.05) is 36.6 Å². The second-order valence-electron chi connectivity index (χ2n) is 5.99. The molecule has 0 aliphatic carbocycles. The molecule has 132 valence electrons. The summed E-state index contributed by atoms with van der Waals surface area (Å²) in [4.78, 5) is 18.7. The molecule has 6 heteroatoms. The van der Waals surface area contributed by atoms with E-state index in [0.29, 0.717) is 11.5 Å². The van der Waals surface area contributed by atoms with E-state index in [4.69, 9.17) is 9.15 Å². The fourth-order valence-electron chi connectivity index (χ4n) is 2.89. The summed E-state index contributed by atoms with van der Waals surface area (Å²) in [5.41, 5.74) is 3.30. The molecule has 3 aromatic rings. The van der Waals surface area contributed by atoms with Crippen molar-refractivity contribution in [1.29, 1.82) is 0 Å². The van der Waals surface area contributed by atoms with Crippen molar-refractivity contribution in [3.63, 3.8) is 0 Å². The van der Waals surface area contributed by atoms with Crippen molar-refractivity contribution in [3.05, 3.63) is 60.5 Å². The molecule has 6 nitrogen and oxygen atoms in total. The van der Waals surface area contributed by atoms with Gasteiger partial charge in [-0.1, -0.05) is 18.2 Å². The average molecular weight is 349 g/mol. The number of oxazole rings is 1. The van der Waals surface area contributed by atoms with E-state index in [2.05, 4.69) is 15.2 Å². The third-order valence-corrected chi connectivity index (χ3v) is 4.18. The Kier molecular flexibility index (Phi) is 4.66. The van der Waals surface area contributed by atoms with Gasteiger partial charge in [0.15, 0.2) is 5.58 Å². The molecule has 0 bridgehead atoms. The molecule has 4 rings (SSSR count). The van der Waals surface area contributed by atoms with Crippen molar-refractivity contribution in [2.75, 3.05) is 36.5 Å². The molecule has 26 heavy (non-hydrogen) atoms. The normalized spacial score (nSPS) is 14.8. The molecule has 1 fully saturated rings. The van der Waals surface area contributed by atoms with Crippen molar-refractivity contribution in [1.82, 2.24) is 4.98 Å². The zero-order chi connectivity index (χ0) is 17.8. The lowest BCUT2D eigenvalue weighted by Gasteiger charge is -2.29. The highest BCUT2D eigenvalue weighted by Crippen LogP contribution is 2.21. The minimum atomic E-state index is -0.230. The van der Waals surface area contributed by atoms with Crippen LogP contribution in [0.2, 0.25) is 0 Å². The van der Waals surface area contributed by atoms with Crippen LogP contribution in [0.4, 0.5) is 11.4 Å². The molecular formula is C20H19N3O3. The Hall–Kier alpha value is -3.12. The fourth-order valence-corrected chi connectivity index (χ4v) is 2.89. The number of carbonyl (C=O) groups excluding carboxylic acids is 1. The number of nitrogens with zero attached hydrogens (tertiary/aromatic N) is 2. The number of para-hydroxylation sites is 2. The Morgan fingerprint density at radius 3 is 2.81 bits per heavy atom. The number of nitrogens with one attached hydrogen (secondary N) is 1. The SMILES string of the molecule is O=C(/C=C/c1nc2ccccc2o1)Nc1cccc(N2CCOCC2)c1. The number of morpholine rings is 1. The number of rotatable bonds is 4. The number of carbonyl (C=O) groups is 1. The first-order chi connectivity index (χ1) is 12.8. The number of ether oxygens (including phenoxy) is 1. The van der Waals surface area contributed by atoms with Crippen LogP contribution in [0.3, 0.4) is 0 Å². The summed E-state index contributed by atoms with van der Waals surface area (Å²) in [5, 5.41) is 2.87. The van der Waals surface area contributed by atoms with Gasteiger partial charge in [-0.3, -0.25) is 4.79 Å². The van der Waals surface area contributed by atoms with E-state index in [1.165, 1.54) is 6.08 Å². The number of hydrogen-bond donors (Lipinski definition) is 1. The molecule has 1 saturated heterocycles. The van der Waals surface area contributed by atoms with Crippen LogP contribution in [0.25, 0.3) is 17.2 Å². The van der Waals surface area contributed by atoms with Gasteiger partial charge >= 0.3 is 0 Å². The van der Waals surface area contributed by atoms with E-state index in [-0.39, 0.29) is 5.91 Å². The number of aromatic nitrogens is 1. The highest BCUT2D eigenvalue weighted by molar-refractivity contribution is 6.02. The monoisotopic (exact) mass is 349 g/mol. The maximum Gasteiger partial charge on any atom is 0.248 e. The highest BCUT2D eigenvalue weighted by atomic mass is 16.5. The zero-order valence-electron chi connectivity index (χ0n) is 14.2. The van der Waals surface area contributed by atoms with Gasteiger partial charge in [0.1, 0.15) is 5.52 Å². The van der Waals surface area contributed by atoms with E-state index in [9.17, 15) is 4.79 Å². The maximum absolute atomic E-state index is 12.2. The first-order valence-corrected chi connectivity index (χ1v) is 8.55. The molecule has 1 aliphatic rings. The number of hydrogen-bond acceptors (Lipinski definition) is 5. The van der Waals surface area contributed by atoms with Gasteiger partial charge in [0.2, 0.25) is 11.8 Å². The van der Waals surface area contributed by atoms with Crippen LogP contribution in [-0.4, -0.2) is 37.2 Å². The summed E-state index contributed by atoms with van der Waals surface area (Å²) in [6, 6.07) is 15.3. The zero-order valence-corrected chi connectivity index (χ0v) is 14.2. The van der Waals surface area contributed by atoms with Gasteiger partial charge in [-0.05, 0) is 30.3 Å². The van der Waals surface area contributed by atoms with Crippen LogP contribution in [0, 0.1) is 0 Å². The van der Waals surface area contributed by atoms with Crippen LogP contribution >= 0.6 is 0 Å². The van der Waals surface area contributed by atoms with Crippen molar-refractivity contribution in [3.8, 4) is 0 Å². The number of anilines is 2. The largest absolute Gasteiger partial charge is 0.437 e. The Morgan fingerprint density at radius 2 is 1.96 bits per heavy atom. The van der Waals surface area contributed by atoms with Gasteiger partial charge in [-0.2, -0.15) is 0 Å². The Labute approximate surface area is 151 Å². The van der Waals surface area contributed by atoms with E-state index in [0.717, 1.165) is 43.2 Å². The van der Waals surface area contributed by atoms with Gasteiger partial charge in [-0.15, -0.1) is 0 Å². The standard InChI is InChI=1S/C20H19N3O3/c24-19(8-9-20-22-17-6-1-2-7-18(17)26-20)21-15-4-3-5-16(14-15)23-10-12-25-13-11-23/h1-9,14H,10-13H2,(H,21,24)/b9-8+. The molecule has 0 atom stereocenters. The predicted molar refractivity (Wildman–Crippen MR) is 101 cm³/mol. The van der Waals surface area contributed by atoms with Crippen LogP contribution in [0.5, 0.6) is 0 Å². The van der Waals surface area contributed by atoms with Crippen LogP contribution in [0.1, 0.15) is 5.89 Å². The molecule has 0 saturated carbocycles. The summed E-state index contributed by atoms with van der Waals surface area (Å²) in [7, 11) is 0. The number of benzene rings is 2. The first kappa shape index (κ1) is 16.4. The third kappa shape index (κ3) is 3.75. The Morgan fingerprint density at radius 1 is 1.12 bits per heavy atom. The summed E-state index contributed by atoms with van der Waals surface area (Å²) in [5.74, 6) is 0.176. The van der Waals surface area contributed by atoms with Crippen LogP contribution in [0.15, 0.2) is 59.0 Å². The average Bonchev–Trinajstić information content (AvgIpc) is 3.10. The second kappa shape index (κ2) is 7.41. The van der Waals surface area contributed by atoms with Crippen molar-refractivity contribution >= 4 is 34.5 Å². The summed E-state index contributed by atoms with van der Waals surface area (Å²) in [6.45, 7) is 3.16. The molecule has 1 N–H and O–H groups in total. The quantitative estimate of drug-likeness (QED) is 0.732. The molecule has 1 aliphatic heterocycles. The van der Waals surface area contributed by atoms with E-state index in [1.54, 1.807) is 6.08 Å². The summed E-state index contributed by atoms with van der Waals surface area (Å²) < 4.78 is 10.9. The number of amides is 1. The second-order valence-corrected chi connectivity index (χ2v) is 5.99. The Bertz CT molecular complexity index is 909. The molecule has 0 unspecified atom stereocenters. The lowest BCUT2D eigenvalue weighted by Crippen LogP contribution is -2.36. The highest BCUT2D eigenvalue weighted by Gasteiger charge is 2.11. The van der Waals surface area contributed by atoms with Crippen molar-refractivity contribution in [2.45, 2.75) is 0 Å². The van der Waals surface area contributed by atoms with E-state index >= 15 is 0 Å². The van der Waals surface area contributed by atoms with Gasteiger partial charge < -0.3 is 19.4 Å². The molecule has 1 amide bonds. The summed E-state index contributed by atoms with van der Waals surface area (Å²) in [6.07, 6.45) is 2.99. The van der Waals surface area contributed by atoms with Crippen molar-refractivity contribution in [2.24, 2.45) is 0 Å². The molecule has 0 spiro atoms. The molecule has 2 aromatic carbocycles. The lowest BCUT2D eigenvalue weighted by molar-refractivity contribution is -0.111. The fraction of sp³-hybridized carbons (Fsp3) is 0.200. The molecule has 2 heterocycles. The van der Waals surface area contributed by atoms with Crippen LogP contribution in [-0.2, 0) is 9.53 Å². The van der Waals surface area contributed by atoms with Gasteiger partial charge in [-0.25, -0.2) is 4.98 Å². The minimum Gasteiger partial charge on any atom is -0.437 e. The molecular weight excluding hydrogens is 330 g/mol. The molecule has 1 aromatic heterocycles. The van der Waals surface area contributed by atoms with Crippen molar-refractivity contribution < 1.29 is 13.9 Å².